The van der Waals surface area contributed by atoms with Crippen LogP contribution in [0.3, 0.4) is 0 Å². The summed E-state index contributed by atoms with van der Waals surface area (Å²) in [5, 5.41) is 28.7. The maximum absolute atomic E-state index is 9.67. The van der Waals surface area contributed by atoms with Crippen LogP contribution < -0.4 is 0 Å². The van der Waals surface area contributed by atoms with Crippen LogP contribution in [0.1, 0.15) is 20.8 Å². The van der Waals surface area contributed by atoms with E-state index >= 15 is 0 Å². The molecule has 15 heavy (non-hydrogen) atoms. The van der Waals surface area contributed by atoms with Gasteiger partial charge in [-0.25, -0.2) is 0 Å². The van der Waals surface area contributed by atoms with Crippen molar-refractivity contribution in [2.24, 2.45) is 5.92 Å². The standard InChI is InChI=1S/C10H20O5/c1-5(2)14-4-7-9(12)8(11)6(3)10(13)15-7/h5-13H,4H2,1-3H3/t6-,7-,8-,9-,10+/m1/s1. The smallest absolute Gasteiger partial charge is 0.160 e. The first-order chi connectivity index (χ1) is 6.93. The van der Waals surface area contributed by atoms with Gasteiger partial charge in [0.15, 0.2) is 6.29 Å². The van der Waals surface area contributed by atoms with Gasteiger partial charge >= 0.3 is 0 Å². The molecule has 90 valence electrons. The van der Waals surface area contributed by atoms with Crippen LogP contribution in [0.2, 0.25) is 0 Å². The average Bonchev–Trinajstić information content (AvgIpc) is 2.18. The van der Waals surface area contributed by atoms with Crippen molar-refractivity contribution in [3.8, 4) is 0 Å². The Balaban J connectivity index is 2.51. The van der Waals surface area contributed by atoms with Crippen LogP contribution in [0, 0.1) is 5.92 Å². The van der Waals surface area contributed by atoms with E-state index in [-0.39, 0.29) is 12.7 Å². The van der Waals surface area contributed by atoms with E-state index in [2.05, 4.69) is 0 Å². The molecule has 0 radical (unpaired) electrons. The minimum absolute atomic E-state index is 0.0226. The maximum Gasteiger partial charge on any atom is 0.160 e. The normalized spacial score (nSPS) is 42.2. The summed E-state index contributed by atoms with van der Waals surface area (Å²) in [5.74, 6) is -0.490. The predicted molar refractivity (Wildman–Crippen MR) is 53.1 cm³/mol. The van der Waals surface area contributed by atoms with E-state index in [4.69, 9.17) is 9.47 Å². The van der Waals surface area contributed by atoms with Gasteiger partial charge in [0.1, 0.15) is 12.2 Å². The molecule has 0 aromatic heterocycles. The Kier molecular flexibility index (Phi) is 4.48. The lowest BCUT2D eigenvalue weighted by Gasteiger charge is -2.39. The van der Waals surface area contributed by atoms with Crippen LogP contribution in [0.4, 0.5) is 0 Å². The molecule has 1 heterocycles. The highest BCUT2D eigenvalue weighted by Gasteiger charge is 2.41. The lowest BCUT2D eigenvalue weighted by molar-refractivity contribution is -0.270. The van der Waals surface area contributed by atoms with Crippen molar-refractivity contribution < 1.29 is 24.8 Å². The zero-order chi connectivity index (χ0) is 11.6. The van der Waals surface area contributed by atoms with E-state index in [9.17, 15) is 15.3 Å². The molecule has 5 nitrogen and oxygen atoms in total. The third kappa shape index (κ3) is 3.12. The maximum atomic E-state index is 9.67. The van der Waals surface area contributed by atoms with Crippen LogP contribution in [0.25, 0.3) is 0 Å². The summed E-state index contributed by atoms with van der Waals surface area (Å²) in [6, 6.07) is 0. The van der Waals surface area contributed by atoms with Gasteiger partial charge < -0.3 is 24.8 Å². The summed E-state index contributed by atoms with van der Waals surface area (Å²) >= 11 is 0. The third-order valence-corrected chi connectivity index (χ3v) is 2.63. The van der Waals surface area contributed by atoms with Gasteiger partial charge in [0, 0.05) is 5.92 Å². The first kappa shape index (κ1) is 12.9. The van der Waals surface area contributed by atoms with Crippen molar-refractivity contribution in [3.63, 3.8) is 0 Å². The van der Waals surface area contributed by atoms with E-state index in [1.807, 2.05) is 13.8 Å². The van der Waals surface area contributed by atoms with Crippen molar-refractivity contribution in [1.29, 1.82) is 0 Å². The monoisotopic (exact) mass is 220 g/mol. The van der Waals surface area contributed by atoms with E-state index in [1.165, 1.54) is 0 Å². The summed E-state index contributed by atoms with van der Waals surface area (Å²) in [7, 11) is 0. The van der Waals surface area contributed by atoms with Crippen molar-refractivity contribution in [1.82, 2.24) is 0 Å². The molecule has 0 aromatic rings. The minimum atomic E-state index is -1.05. The number of hydrogen-bond acceptors (Lipinski definition) is 5. The van der Waals surface area contributed by atoms with E-state index in [0.29, 0.717) is 0 Å². The first-order valence-electron chi connectivity index (χ1n) is 5.24. The molecule has 1 aliphatic rings. The predicted octanol–water partition coefficient (Wildman–Crippen LogP) is -0.514. The second-order valence-corrected chi connectivity index (χ2v) is 4.29. The number of hydrogen-bond donors (Lipinski definition) is 3. The fourth-order valence-electron chi connectivity index (χ4n) is 1.51. The molecular formula is C10H20O5. The average molecular weight is 220 g/mol. The molecule has 0 amide bonds. The lowest BCUT2D eigenvalue weighted by Crippen LogP contribution is -2.55. The van der Waals surface area contributed by atoms with Crippen molar-refractivity contribution >= 4 is 0 Å². The molecule has 1 rings (SSSR count). The molecule has 0 bridgehead atoms. The fourth-order valence-corrected chi connectivity index (χ4v) is 1.51. The Morgan fingerprint density at radius 1 is 1.20 bits per heavy atom. The largest absolute Gasteiger partial charge is 0.390 e. The van der Waals surface area contributed by atoms with Gasteiger partial charge in [-0.15, -0.1) is 0 Å². The minimum Gasteiger partial charge on any atom is -0.390 e. The highest BCUT2D eigenvalue weighted by molar-refractivity contribution is 4.86. The Morgan fingerprint density at radius 3 is 2.33 bits per heavy atom. The molecule has 5 heteroatoms. The van der Waals surface area contributed by atoms with Crippen molar-refractivity contribution in [3.05, 3.63) is 0 Å². The molecule has 3 N–H and O–H groups in total. The van der Waals surface area contributed by atoms with Crippen molar-refractivity contribution in [2.45, 2.75) is 51.5 Å². The van der Waals surface area contributed by atoms with E-state index < -0.39 is 30.5 Å². The van der Waals surface area contributed by atoms with Crippen molar-refractivity contribution in [2.75, 3.05) is 6.61 Å². The van der Waals surface area contributed by atoms with Gasteiger partial charge in [-0.05, 0) is 13.8 Å². The second kappa shape index (κ2) is 5.23. The molecule has 0 saturated carbocycles. The van der Waals surface area contributed by atoms with Gasteiger partial charge in [-0.1, -0.05) is 6.92 Å². The molecular weight excluding hydrogens is 200 g/mol. The van der Waals surface area contributed by atoms with Gasteiger partial charge in [0.05, 0.1) is 18.8 Å². The molecule has 0 unspecified atom stereocenters. The van der Waals surface area contributed by atoms with Crippen LogP contribution >= 0.6 is 0 Å². The van der Waals surface area contributed by atoms with Gasteiger partial charge in [-0.3, -0.25) is 0 Å². The molecule has 1 saturated heterocycles. The summed E-state index contributed by atoms with van der Waals surface area (Å²) in [6.45, 7) is 5.52. The Morgan fingerprint density at radius 2 is 1.80 bits per heavy atom. The van der Waals surface area contributed by atoms with Crippen LogP contribution in [-0.4, -0.2) is 52.6 Å². The third-order valence-electron chi connectivity index (χ3n) is 2.63. The van der Waals surface area contributed by atoms with Gasteiger partial charge in [0.25, 0.3) is 0 Å². The molecule has 0 aromatic carbocycles. The summed E-state index contributed by atoms with van der Waals surface area (Å²) in [4.78, 5) is 0. The van der Waals surface area contributed by atoms with E-state index in [1.54, 1.807) is 6.92 Å². The molecule has 1 aliphatic heterocycles. The topological polar surface area (TPSA) is 79.2 Å². The number of rotatable bonds is 3. The van der Waals surface area contributed by atoms with Crippen LogP contribution in [0.15, 0.2) is 0 Å². The van der Waals surface area contributed by atoms with Crippen LogP contribution in [-0.2, 0) is 9.47 Å². The number of aliphatic hydroxyl groups is 3. The fraction of sp³-hybridized carbons (Fsp3) is 1.00. The molecule has 1 fully saturated rings. The van der Waals surface area contributed by atoms with Gasteiger partial charge in [-0.2, -0.15) is 0 Å². The summed E-state index contributed by atoms with van der Waals surface area (Å²) in [6.07, 6.45) is -3.69. The first-order valence-corrected chi connectivity index (χ1v) is 5.24. The second-order valence-electron chi connectivity index (χ2n) is 4.29. The molecule has 0 aliphatic carbocycles. The SMILES string of the molecule is CC(C)OC[C@H]1O[C@H](O)[C@H](C)[C@@H](O)[C@@H]1O. The van der Waals surface area contributed by atoms with Gasteiger partial charge in [0.2, 0.25) is 0 Å². The molecule has 5 atom stereocenters. The van der Waals surface area contributed by atoms with Crippen LogP contribution in [0.5, 0.6) is 0 Å². The summed E-state index contributed by atoms with van der Waals surface area (Å²) in [5.41, 5.74) is 0. The zero-order valence-corrected chi connectivity index (χ0v) is 9.33. The Bertz CT molecular complexity index is 196. The van der Waals surface area contributed by atoms with E-state index in [0.717, 1.165) is 0 Å². The highest BCUT2D eigenvalue weighted by atomic mass is 16.6. The highest BCUT2D eigenvalue weighted by Crippen LogP contribution is 2.24. The molecule has 0 spiro atoms. The summed E-state index contributed by atoms with van der Waals surface area (Å²) < 4.78 is 10.4. The zero-order valence-electron chi connectivity index (χ0n) is 9.33. The lowest BCUT2D eigenvalue weighted by atomic mass is 9.93. The Hall–Kier alpha value is -0.200. The Labute approximate surface area is 89.6 Å². The number of ether oxygens (including phenoxy) is 2. The quantitative estimate of drug-likeness (QED) is 0.597. The number of aliphatic hydroxyl groups excluding tert-OH is 3.